The van der Waals surface area contributed by atoms with Crippen LogP contribution in [0.25, 0.3) is 0 Å². The van der Waals surface area contributed by atoms with Crippen LogP contribution >= 0.6 is 0 Å². The minimum atomic E-state index is -0.0767. The van der Waals surface area contributed by atoms with Gasteiger partial charge in [-0.15, -0.1) is 0 Å². The maximum atomic E-state index is 12.8. The summed E-state index contributed by atoms with van der Waals surface area (Å²) in [6.45, 7) is 3.87. The van der Waals surface area contributed by atoms with Crippen molar-refractivity contribution >= 4 is 11.8 Å². The molecule has 2 amide bonds. The monoisotopic (exact) mass is 386 g/mol. The average Bonchev–Trinajstić information content (AvgIpc) is 2.75. The van der Waals surface area contributed by atoms with E-state index >= 15 is 0 Å². The molecule has 1 aliphatic carbocycles. The van der Waals surface area contributed by atoms with Crippen LogP contribution in [0.2, 0.25) is 0 Å². The van der Waals surface area contributed by atoms with Crippen LogP contribution < -0.4 is 10.1 Å². The van der Waals surface area contributed by atoms with E-state index in [1.54, 1.807) is 0 Å². The molecule has 2 fully saturated rings. The molecule has 0 aromatic heterocycles. The summed E-state index contributed by atoms with van der Waals surface area (Å²) in [5.41, 5.74) is 0. The zero-order chi connectivity index (χ0) is 19.8. The number of benzene rings is 1. The van der Waals surface area contributed by atoms with Gasteiger partial charge in [0.1, 0.15) is 5.75 Å². The highest BCUT2D eigenvalue weighted by molar-refractivity contribution is 5.81. The molecule has 1 saturated heterocycles. The number of nitrogens with one attached hydrogen (secondary N) is 1. The third-order valence-corrected chi connectivity index (χ3v) is 6.23. The number of carbonyl (C=O) groups is 2. The molecule has 1 aromatic carbocycles. The van der Waals surface area contributed by atoms with Crippen molar-refractivity contribution in [1.82, 2.24) is 10.2 Å². The number of nitrogens with zero attached hydrogens (tertiary/aromatic N) is 1. The van der Waals surface area contributed by atoms with Crippen LogP contribution in [0.5, 0.6) is 5.75 Å². The van der Waals surface area contributed by atoms with Gasteiger partial charge in [0, 0.05) is 19.1 Å². The van der Waals surface area contributed by atoms with Crippen molar-refractivity contribution in [1.29, 1.82) is 0 Å². The number of para-hydroxylation sites is 1. The van der Waals surface area contributed by atoms with Gasteiger partial charge in [0.15, 0.2) is 0 Å². The number of amides is 2. The van der Waals surface area contributed by atoms with Crippen LogP contribution in [0, 0.1) is 11.8 Å². The highest BCUT2D eigenvalue weighted by Gasteiger charge is 2.31. The van der Waals surface area contributed by atoms with E-state index in [2.05, 4.69) is 12.2 Å². The van der Waals surface area contributed by atoms with Crippen molar-refractivity contribution in [3.8, 4) is 5.75 Å². The summed E-state index contributed by atoms with van der Waals surface area (Å²) in [5, 5.41) is 3.31. The molecule has 5 nitrogen and oxygen atoms in total. The van der Waals surface area contributed by atoms with E-state index in [0.717, 1.165) is 38.0 Å². The average molecular weight is 387 g/mol. The second-order valence-corrected chi connectivity index (χ2v) is 8.16. The lowest BCUT2D eigenvalue weighted by molar-refractivity contribution is -0.136. The second kappa shape index (κ2) is 10.5. The molecule has 1 heterocycles. The molecule has 0 radical (unpaired) electrons. The van der Waals surface area contributed by atoms with E-state index in [-0.39, 0.29) is 17.7 Å². The first kappa shape index (κ1) is 20.7. The van der Waals surface area contributed by atoms with Gasteiger partial charge >= 0.3 is 0 Å². The number of hydrogen-bond donors (Lipinski definition) is 1. The summed E-state index contributed by atoms with van der Waals surface area (Å²) in [7, 11) is 0. The van der Waals surface area contributed by atoms with E-state index < -0.39 is 0 Å². The fourth-order valence-electron chi connectivity index (χ4n) is 4.54. The predicted molar refractivity (Wildman–Crippen MR) is 110 cm³/mol. The van der Waals surface area contributed by atoms with Crippen LogP contribution in [0.1, 0.15) is 58.3 Å². The molecule has 5 heteroatoms. The summed E-state index contributed by atoms with van der Waals surface area (Å²) in [6.07, 6.45) is 8.05. The van der Waals surface area contributed by atoms with Crippen LogP contribution in [-0.2, 0) is 9.59 Å². The number of ether oxygens (including phenoxy) is 1. The third kappa shape index (κ3) is 5.73. The molecule has 3 unspecified atom stereocenters. The first-order chi connectivity index (χ1) is 13.7. The molecule has 3 atom stereocenters. The Morgan fingerprint density at radius 1 is 1.11 bits per heavy atom. The van der Waals surface area contributed by atoms with Crippen molar-refractivity contribution in [3.05, 3.63) is 30.3 Å². The van der Waals surface area contributed by atoms with E-state index in [4.69, 9.17) is 4.74 Å². The van der Waals surface area contributed by atoms with Gasteiger partial charge in [0.25, 0.3) is 0 Å². The van der Waals surface area contributed by atoms with Gasteiger partial charge < -0.3 is 15.0 Å². The van der Waals surface area contributed by atoms with Crippen molar-refractivity contribution in [2.75, 3.05) is 19.7 Å². The van der Waals surface area contributed by atoms with Gasteiger partial charge in [-0.05, 0) is 43.7 Å². The van der Waals surface area contributed by atoms with Crippen molar-refractivity contribution in [3.63, 3.8) is 0 Å². The zero-order valence-electron chi connectivity index (χ0n) is 17.1. The van der Waals surface area contributed by atoms with Crippen LogP contribution in [0.3, 0.4) is 0 Å². The lowest BCUT2D eigenvalue weighted by Gasteiger charge is -2.36. The Hall–Kier alpha value is -2.04. The van der Waals surface area contributed by atoms with E-state index in [9.17, 15) is 9.59 Å². The lowest BCUT2D eigenvalue weighted by atomic mass is 9.82. The van der Waals surface area contributed by atoms with Gasteiger partial charge in [0.05, 0.1) is 18.9 Å². The molecule has 0 bridgehead atoms. The van der Waals surface area contributed by atoms with Gasteiger partial charge in [-0.25, -0.2) is 0 Å². The minimum Gasteiger partial charge on any atom is -0.493 e. The Bertz CT molecular complexity index is 634. The summed E-state index contributed by atoms with van der Waals surface area (Å²) in [5.74, 6) is 1.53. The quantitative estimate of drug-likeness (QED) is 0.776. The number of piperidine rings is 1. The standard InChI is InChI=1S/C23H34N2O3/c1-2-18-9-6-7-13-21(18)24-23(27)19-10-8-15-25(17-19)22(26)14-16-28-20-11-4-3-5-12-20/h3-5,11-12,18-19,21H,2,6-10,13-17H2,1H3,(H,24,27). The zero-order valence-corrected chi connectivity index (χ0v) is 17.1. The maximum absolute atomic E-state index is 12.8. The first-order valence-electron chi connectivity index (χ1n) is 10.9. The number of likely N-dealkylation sites (tertiary alicyclic amines) is 1. The minimum absolute atomic E-state index is 0.0767. The van der Waals surface area contributed by atoms with E-state index in [1.165, 1.54) is 19.3 Å². The summed E-state index contributed by atoms with van der Waals surface area (Å²) >= 11 is 0. The lowest BCUT2D eigenvalue weighted by Crippen LogP contribution is -2.49. The number of hydrogen-bond acceptors (Lipinski definition) is 3. The molecule has 1 saturated carbocycles. The molecule has 154 valence electrons. The molecule has 1 N–H and O–H groups in total. The summed E-state index contributed by atoms with van der Waals surface area (Å²) in [6, 6.07) is 9.87. The topological polar surface area (TPSA) is 58.6 Å². The Kier molecular flexibility index (Phi) is 7.75. The number of carbonyl (C=O) groups excluding carboxylic acids is 2. The predicted octanol–water partition coefficient (Wildman–Crippen LogP) is 3.78. The van der Waals surface area contributed by atoms with Crippen molar-refractivity contribution < 1.29 is 14.3 Å². The van der Waals surface area contributed by atoms with Crippen molar-refractivity contribution in [2.45, 2.75) is 64.3 Å². The second-order valence-electron chi connectivity index (χ2n) is 8.16. The van der Waals surface area contributed by atoms with Gasteiger partial charge in [-0.3, -0.25) is 9.59 Å². The van der Waals surface area contributed by atoms with Crippen LogP contribution in [-0.4, -0.2) is 42.5 Å². The molecule has 28 heavy (non-hydrogen) atoms. The Balaban J connectivity index is 1.44. The maximum Gasteiger partial charge on any atom is 0.226 e. The molecule has 0 spiro atoms. The number of rotatable bonds is 7. The smallest absolute Gasteiger partial charge is 0.226 e. The summed E-state index contributed by atoms with van der Waals surface area (Å²) in [4.78, 5) is 27.2. The molecular weight excluding hydrogens is 352 g/mol. The fraction of sp³-hybridized carbons (Fsp3) is 0.652. The first-order valence-corrected chi connectivity index (χ1v) is 10.9. The molecule has 2 aliphatic rings. The largest absolute Gasteiger partial charge is 0.493 e. The van der Waals surface area contributed by atoms with Gasteiger partial charge in [0.2, 0.25) is 11.8 Å². The normalized spacial score (nSPS) is 25.2. The Morgan fingerprint density at radius 2 is 1.89 bits per heavy atom. The van der Waals surface area contributed by atoms with Gasteiger partial charge in [-0.1, -0.05) is 44.4 Å². The van der Waals surface area contributed by atoms with E-state index in [0.29, 0.717) is 31.5 Å². The van der Waals surface area contributed by atoms with Gasteiger partial charge in [-0.2, -0.15) is 0 Å². The molecule has 1 aliphatic heterocycles. The Morgan fingerprint density at radius 3 is 2.68 bits per heavy atom. The molecule has 3 rings (SSSR count). The highest BCUT2D eigenvalue weighted by atomic mass is 16.5. The molecule has 1 aromatic rings. The Labute approximate surface area is 168 Å². The SMILES string of the molecule is CCC1CCCCC1NC(=O)C1CCCN(C(=O)CCOc2ccccc2)C1. The summed E-state index contributed by atoms with van der Waals surface area (Å²) < 4.78 is 5.64. The van der Waals surface area contributed by atoms with Crippen LogP contribution in [0.15, 0.2) is 30.3 Å². The fourth-order valence-corrected chi connectivity index (χ4v) is 4.54. The third-order valence-electron chi connectivity index (χ3n) is 6.23. The van der Waals surface area contributed by atoms with Crippen LogP contribution in [0.4, 0.5) is 0 Å². The van der Waals surface area contributed by atoms with Crippen molar-refractivity contribution in [2.24, 2.45) is 11.8 Å². The molecular formula is C23H34N2O3. The van der Waals surface area contributed by atoms with E-state index in [1.807, 2.05) is 35.2 Å². The highest BCUT2D eigenvalue weighted by Crippen LogP contribution is 2.27.